The van der Waals surface area contributed by atoms with Gasteiger partial charge in [0.05, 0.1) is 0 Å². The number of nitrogens with zero attached hydrogens (tertiary/aromatic N) is 3. The SMILES string of the molecule is C=CN(C1=NC(c2ccc(Cl)cc2)=CC=C[I-]1)c1ccc(C(=O)CC2CCN(C(=O)CCc3ccccc3)CC2)cc1. The molecular weight excluding hydrogens is 657 g/mol. The molecule has 1 amide bonds. The molecule has 0 aliphatic carbocycles. The normalized spacial score (nSPS) is 15.6. The molecule has 0 radical (unpaired) electrons. The average Bonchev–Trinajstić information content (AvgIpc) is 3.28. The number of benzene rings is 3. The summed E-state index contributed by atoms with van der Waals surface area (Å²) in [6, 6.07) is 25.5. The molecule has 0 bridgehead atoms. The maximum atomic E-state index is 13.2. The Morgan fingerprint density at radius 3 is 2.40 bits per heavy atom. The van der Waals surface area contributed by atoms with Crippen LogP contribution in [-0.4, -0.2) is 33.5 Å². The van der Waals surface area contributed by atoms with Gasteiger partial charge in [-0.2, -0.15) is 0 Å². The van der Waals surface area contributed by atoms with Crippen molar-refractivity contribution in [3.05, 3.63) is 130 Å². The summed E-state index contributed by atoms with van der Waals surface area (Å²) < 4.78 is 3.12. The number of rotatable bonds is 9. The van der Waals surface area contributed by atoms with Crippen molar-refractivity contribution in [1.82, 2.24) is 4.90 Å². The number of hydrogen-bond acceptors (Lipinski definition) is 4. The molecule has 2 aliphatic rings. The van der Waals surface area contributed by atoms with Crippen LogP contribution in [0.4, 0.5) is 5.69 Å². The minimum absolute atomic E-state index is 0.149. The van der Waals surface area contributed by atoms with E-state index in [1.807, 2.05) is 82.6 Å². The summed E-state index contributed by atoms with van der Waals surface area (Å²) in [4.78, 5) is 34.8. The Morgan fingerprint density at radius 1 is 1.00 bits per heavy atom. The third-order valence-corrected chi connectivity index (χ3v) is 9.95. The number of hydrogen-bond donors (Lipinski definition) is 0. The van der Waals surface area contributed by atoms with Crippen LogP contribution < -0.4 is 26.1 Å². The van der Waals surface area contributed by atoms with Gasteiger partial charge in [0.2, 0.25) is 5.91 Å². The molecule has 0 spiro atoms. The summed E-state index contributed by atoms with van der Waals surface area (Å²) in [5.74, 6) is 0.656. The Bertz CT molecular complexity index is 1490. The Kier molecular flexibility index (Phi) is 10.4. The van der Waals surface area contributed by atoms with E-state index in [0.717, 1.165) is 53.1 Å². The fraction of sp³-hybridized carbons (Fsp3) is 0.229. The molecule has 0 N–H and O–H groups in total. The van der Waals surface area contributed by atoms with Crippen molar-refractivity contribution in [3.63, 3.8) is 0 Å². The van der Waals surface area contributed by atoms with Crippen LogP contribution in [0.1, 0.15) is 47.2 Å². The van der Waals surface area contributed by atoms with Gasteiger partial charge in [0.15, 0.2) is 0 Å². The van der Waals surface area contributed by atoms with E-state index in [-0.39, 0.29) is 11.7 Å². The molecule has 3 aromatic rings. The average molecular weight is 691 g/mol. The number of aliphatic imine (C=N–C) groups is 1. The molecule has 0 aromatic heterocycles. The van der Waals surface area contributed by atoms with Crippen molar-refractivity contribution in [3.8, 4) is 0 Å². The second-order valence-electron chi connectivity index (χ2n) is 10.4. The van der Waals surface area contributed by atoms with Crippen molar-refractivity contribution in [2.75, 3.05) is 18.0 Å². The van der Waals surface area contributed by atoms with E-state index in [2.05, 4.69) is 28.9 Å². The van der Waals surface area contributed by atoms with Crippen LogP contribution in [0, 0.1) is 5.92 Å². The maximum absolute atomic E-state index is 13.2. The first kappa shape index (κ1) is 30.0. The third kappa shape index (κ3) is 7.86. The quantitative estimate of drug-likeness (QED) is 0.185. The van der Waals surface area contributed by atoms with E-state index >= 15 is 0 Å². The zero-order valence-corrected chi connectivity index (χ0v) is 26.4. The Morgan fingerprint density at radius 2 is 1.71 bits per heavy atom. The second kappa shape index (κ2) is 14.6. The minimum atomic E-state index is -0.482. The van der Waals surface area contributed by atoms with Crippen LogP contribution in [0.5, 0.6) is 0 Å². The molecule has 0 atom stereocenters. The van der Waals surface area contributed by atoms with E-state index in [1.165, 1.54) is 5.56 Å². The van der Waals surface area contributed by atoms with E-state index in [1.54, 1.807) is 6.20 Å². The number of aryl methyl sites for hydroxylation is 1. The number of anilines is 1. The second-order valence-corrected chi connectivity index (χ2v) is 13.1. The molecule has 0 saturated carbocycles. The summed E-state index contributed by atoms with van der Waals surface area (Å²) in [7, 11) is 0. The Balaban J connectivity index is 1.15. The van der Waals surface area contributed by atoms with Crippen molar-refractivity contribution in [1.29, 1.82) is 0 Å². The van der Waals surface area contributed by atoms with Gasteiger partial charge in [-0.25, -0.2) is 0 Å². The van der Waals surface area contributed by atoms with Crippen LogP contribution in [0.2, 0.25) is 5.02 Å². The third-order valence-electron chi connectivity index (χ3n) is 7.60. The Labute approximate surface area is 263 Å². The molecule has 5 rings (SSSR count). The van der Waals surface area contributed by atoms with Gasteiger partial charge in [-0.1, -0.05) is 30.3 Å². The summed E-state index contributed by atoms with van der Waals surface area (Å²) in [5.41, 5.74) is 4.70. The van der Waals surface area contributed by atoms with Gasteiger partial charge < -0.3 is 0 Å². The van der Waals surface area contributed by atoms with Gasteiger partial charge in [-0.05, 0) is 12.0 Å². The monoisotopic (exact) mass is 690 g/mol. The van der Waals surface area contributed by atoms with E-state index in [0.29, 0.717) is 29.3 Å². The van der Waals surface area contributed by atoms with Crippen molar-refractivity contribution in [2.45, 2.75) is 32.1 Å². The summed E-state index contributed by atoms with van der Waals surface area (Å²) in [6.07, 6.45) is 9.40. The number of allylic oxidation sites excluding steroid dienone is 2. The fourth-order valence-corrected chi connectivity index (χ4v) is 7.22. The van der Waals surface area contributed by atoms with Gasteiger partial charge in [-0.15, -0.1) is 0 Å². The molecular formula is C35H34ClIN3O2-. The van der Waals surface area contributed by atoms with Crippen molar-refractivity contribution < 1.29 is 30.8 Å². The molecule has 216 valence electrons. The van der Waals surface area contributed by atoms with Crippen LogP contribution in [0.25, 0.3) is 5.70 Å². The standard InChI is InChI=1S/C35H34ClIN3O2/c1-2-40(35-37-22-6-9-32(38-35)28-11-15-30(36)16-12-28)31-17-13-29(14-18-31)33(41)25-27-20-23-39(24-21-27)34(42)19-10-26-7-4-3-5-8-26/h2-9,11-18,22,27H,1,10,19-21,23-25H2/q-1. The first-order valence-corrected chi connectivity index (χ1v) is 16.9. The number of carbonyl (C=O) groups excluding carboxylic acids is 2. The number of carbonyl (C=O) groups is 2. The summed E-state index contributed by atoms with van der Waals surface area (Å²) in [5, 5.41) is 0.692. The zero-order chi connectivity index (χ0) is 29.3. The molecule has 42 heavy (non-hydrogen) atoms. The van der Waals surface area contributed by atoms with Crippen molar-refractivity contribution in [2.24, 2.45) is 10.9 Å². The summed E-state index contributed by atoms with van der Waals surface area (Å²) >= 11 is 5.59. The van der Waals surface area contributed by atoms with Gasteiger partial charge in [0, 0.05) is 6.42 Å². The van der Waals surface area contributed by atoms with Crippen LogP contribution >= 0.6 is 11.6 Å². The van der Waals surface area contributed by atoms with Gasteiger partial charge in [0.1, 0.15) is 0 Å². The predicted octanol–water partition coefficient (Wildman–Crippen LogP) is 4.75. The first-order chi connectivity index (χ1) is 20.5. The topological polar surface area (TPSA) is 53.0 Å². The zero-order valence-electron chi connectivity index (χ0n) is 23.5. The predicted molar refractivity (Wildman–Crippen MR) is 168 cm³/mol. The Hall–Kier alpha value is -3.49. The molecule has 5 nitrogen and oxygen atoms in total. The molecule has 1 saturated heterocycles. The number of ketones is 1. The van der Waals surface area contributed by atoms with E-state index < -0.39 is 21.2 Å². The molecule has 7 heteroatoms. The number of Topliss-reactive ketones (excluding diaryl/α,β-unsaturated/α-hetero) is 1. The van der Waals surface area contributed by atoms with Gasteiger partial charge >= 0.3 is 205 Å². The summed E-state index contributed by atoms with van der Waals surface area (Å²) in [6.45, 7) is 5.49. The number of amidine groups is 1. The van der Waals surface area contributed by atoms with Crippen LogP contribution in [0.3, 0.4) is 0 Å². The van der Waals surface area contributed by atoms with Gasteiger partial charge in [-0.3, -0.25) is 4.79 Å². The van der Waals surface area contributed by atoms with Gasteiger partial charge in [0.25, 0.3) is 0 Å². The first-order valence-electron chi connectivity index (χ1n) is 14.2. The van der Waals surface area contributed by atoms with E-state index in [9.17, 15) is 9.59 Å². The number of likely N-dealkylation sites (tertiary alicyclic amines) is 1. The number of piperidine rings is 1. The van der Waals surface area contributed by atoms with Crippen LogP contribution in [-0.2, 0) is 11.2 Å². The molecule has 2 aliphatic heterocycles. The van der Waals surface area contributed by atoms with Crippen LogP contribution in [0.15, 0.2) is 113 Å². The van der Waals surface area contributed by atoms with E-state index in [4.69, 9.17) is 16.6 Å². The molecule has 3 aromatic carbocycles. The number of amides is 1. The molecule has 2 heterocycles. The van der Waals surface area contributed by atoms with Crippen molar-refractivity contribution >= 4 is 38.5 Å². The number of halogens is 2. The molecule has 1 fully saturated rings. The fourth-order valence-electron chi connectivity index (χ4n) is 5.18. The molecule has 0 unspecified atom stereocenters.